The Morgan fingerprint density at radius 1 is 1.73 bits per heavy atom. The Balaban J connectivity index is 2.81. The molecule has 0 atom stereocenters. The Labute approximate surface area is 64.2 Å². The van der Waals surface area contributed by atoms with Gasteiger partial charge >= 0.3 is 0 Å². The molecule has 62 valence electrons. The van der Waals surface area contributed by atoms with Gasteiger partial charge in [0.25, 0.3) is 10.2 Å². The summed E-state index contributed by atoms with van der Waals surface area (Å²) in [6.45, 7) is 0. The summed E-state index contributed by atoms with van der Waals surface area (Å²) in [5, 5.41) is 8.43. The molecule has 11 heavy (non-hydrogen) atoms. The van der Waals surface area contributed by atoms with E-state index in [4.69, 9.17) is 0 Å². The molecule has 1 rings (SSSR count). The second kappa shape index (κ2) is 2.51. The summed E-state index contributed by atoms with van der Waals surface area (Å²) in [5.74, 6) is 0.218. The van der Waals surface area contributed by atoms with Crippen LogP contribution < -0.4 is 9.86 Å². The quantitative estimate of drug-likeness (QED) is 0.607. The first kappa shape index (κ1) is 8.02. The molecule has 0 aliphatic carbocycles. The molecule has 7 heteroatoms. The van der Waals surface area contributed by atoms with Crippen molar-refractivity contribution in [1.82, 2.24) is 9.78 Å². The first-order valence-electron chi connectivity index (χ1n) is 2.77. The Kier molecular flexibility index (Phi) is 1.83. The molecule has 1 aromatic rings. The van der Waals surface area contributed by atoms with Crippen molar-refractivity contribution in [3.05, 3.63) is 12.3 Å². The van der Waals surface area contributed by atoms with Crippen LogP contribution >= 0.6 is 0 Å². The predicted octanol–water partition coefficient (Wildman–Crippen LogP) is -0.965. The van der Waals surface area contributed by atoms with E-state index in [1.165, 1.54) is 10.7 Å². The van der Waals surface area contributed by atoms with E-state index in [1.54, 1.807) is 13.2 Å². The highest BCUT2D eigenvalue weighted by Crippen LogP contribution is 2.00. The molecule has 0 aromatic carbocycles. The Morgan fingerprint density at radius 3 is 2.73 bits per heavy atom. The number of aromatic nitrogens is 2. The lowest BCUT2D eigenvalue weighted by atomic mass is 10.7. The van der Waals surface area contributed by atoms with Crippen molar-refractivity contribution in [2.45, 2.75) is 0 Å². The van der Waals surface area contributed by atoms with Crippen LogP contribution in [0.5, 0.6) is 0 Å². The Morgan fingerprint density at radius 2 is 2.36 bits per heavy atom. The number of nitrogens with one attached hydrogen (secondary N) is 1. The van der Waals surface area contributed by atoms with E-state index in [-0.39, 0.29) is 5.82 Å². The fourth-order valence-corrected chi connectivity index (χ4v) is 1.02. The monoisotopic (exact) mass is 176 g/mol. The van der Waals surface area contributed by atoms with E-state index in [2.05, 4.69) is 10.2 Å². The lowest BCUT2D eigenvalue weighted by Crippen LogP contribution is -2.22. The maximum atomic E-state index is 10.4. The van der Waals surface area contributed by atoms with Crippen molar-refractivity contribution in [3.8, 4) is 0 Å². The smallest absolute Gasteiger partial charge is 0.274 e. The van der Waals surface area contributed by atoms with Gasteiger partial charge in [0.1, 0.15) is 0 Å². The van der Waals surface area contributed by atoms with Gasteiger partial charge in [-0.25, -0.2) is 5.14 Å². The zero-order valence-corrected chi connectivity index (χ0v) is 6.67. The maximum absolute atomic E-state index is 10.4. The minimum atomic E-state index is -3.69. The summed E-state index contributed by atoms with van der Waals surface area (Å²) >= 11 is 0. The molecule has 1 aromatic heterocycles. The van der Waals surface area contributed by atoms with E-state index >= 15 is 0 Å². The van der Waals surface area contributed by atoms with E-state index in [0.717, 1.165) is 0 Å². The average molecular weight is 176 g/mol. The fourth-order valence-electron chi connectivity index (χ4n) is 0.615. The second-order valence-corrected chi connectivity index (χ2v) is 3.32. The number of aryl methyl sites for hydroxylation is 1. The van der Waals surface area contributed by atoms with Crippen molar-refractivity contribution in [2.75, 3.05) is 4.72 Å². The van der Waals surface area contributed by atoms with Crippen LogP contribution in [0.3, 0.4) is 0 Å². The third-order valence-electron chi connectivity index (χ3n) is 0.960. The molecule has 3 N–H and O–H groups in total. The molecule has 0 aliphatic heterocycles. The van der Waals surface area contributed by atoms with Crippen LogP contribution in [0.4, 0.5) is 5.82 Å². The van der Waals surface area contributed by atoms with Crippen molar-refractivity contribution in [3.63, 3.8) is 0 Å². The summed E-state index contributed by atoms with van der Waals surface area (Å²) in [4.78, 5) is 0. The molecule has 1 heterocycles. The summed E-state index contributed by atoms with van der Waals surface area (Å²) < 4.78 is 24.3. The molecule has 0 bridgehead atoms. The van der Waals surface area contributed by atoms with Crippen LogP contribution in [0, 0.1) is 0 Å². The number of hydrogen-bond acceptors (Lipinski definition) is 3. The Hall–Kier alpha value is -1.08. The van der Waals surface area contributed by atoms with Gasteiger partial charge in [-0.05, 0) is 0 Å². The van der Waals surface area contributed by atoms with Gasteiger partial charge in [-0.1, -0.05) is 0 Å². The Bertz CT molecular complexity index is 341. The third kappa shape index (κ3) is 2.56. The topological polar surface area (TPSA) is 90.0 Å². The van der Waals surface area contributed by atoms with Crippen molar-refractivity contribution >= 4 is 16.0 Å². The normalized spacial score (nSPS) is 11.5. The lowest BCUT2D eigenvalue weighted by Gasteiger charge is -1.96. The van der Waals surface area contributed by atoms with E-state index < -0.39 is 10.2 Å². The molecule has 0 saturated heterocycles. The number of nitrogens with two attached hydrogens (primary N) is 1. The van der Waals surface area contributed by atoms with Gasteiger partial charge in [0.05, 0.1) is 0 Å². The molecular formula is C4H8N4O2S. The molecule has 0 spiro atoms. The highest BCUT2D eigenvalue weighted by atomic mass is 32.2. The summed E-state index contributed by atoms with van der Waals surface area (Å²) in [7, 11) is -2.01. The maximum Gasteiger partial charge on any atom is 0.297 e. The van der Waals surface area contributed by atoms with Crippen LogP contribution in [-0.2, 0) is 17.3 Å². The molecule has 0 amide bonds. The molecule has 0 radical (unpaired) electrons. The van der Waals surface area contributed by atoms with Gasteiger partial charge in [-0.2, -0.15) is 13.5 Å². The highest BCUT2D eigenvalue weighted by Gasteiger charge is 2.02. The molecule has 0 saturated carbocycles. The number of nitrogens with zero attached hydrogens (tertiary/aromatic N) is 2. The van der Waals surface area contributed by atoms with E-state index in [1.807, 2.05) is 4.72 Å². The van der Waals surface area contributed by atoms with Crippen molar-refractivity contribution in [1.29, 1.82) is 0 Å². The molecule has 6 nitrogen and oxygen atoms in total. The van der Waals surface area contributed by atoms with Crippen molar-refractivity contribution in [2.24, 2.45) is 12.2 Å². The van der Waals surface area contributed by atoms with Crippen LogP contribution in [0.15, 0.2) is 12.3 Å². The van der Waals surface area contributed by atoms with Crippen LogP contribution in [-0.4, -0.2) is 18.2 Å². The van der Waals surface area contributed by atoms with Gasteiger partial charge in [0, 0.05) is 19.3 Å². The van der Waals surface area contributed by atoms with E-state index in [0.29, 0.717) is 0 Å². The summed E-state index contributed by atoms with van der Waals surface area (Å²) in [6, 6.07) is 1.50. The second-order valence-electron chi connectivity index (χ2n) is 2.02. The minimum Gasteiger partial charge on any atom is -0.274 e. The molecule has 0 aliphatic rings. The van der Waals surface area contributed by atoms with Gasteiger partial charge in [-0.3, -0.25) is 9.40 Å². The van der Waals surface area contributed by atoms with Crippen LogP contribution in [0.1, 0.15) is 0 Å². The predicted molar refractivity (Wildman–Crippen MR) is 39.9 cm³/mol. The highest BCUT2D eigenvalue weighted by molar-refractivity contribution is 7.90. The van der Waals surface area contributed by atoms with Gasteiger partial charge < -0.3 is 0 Å². The number of anilines is 1. The van der Waals surface area contributed by atoms with Gasteiger partial charge in [0.15, 0.2) is 5.82 Å². The van der Waals surface area contributed by atoms with Crippen LogP contribution in [0.2, 0.25) is 0 Å². The zero-order valence-electron chi connectivity index (χ0n) is 5.85. The van der Waals surface area contributed by atoms with Gasteiger partial charge in [0.2, 0.25) is 0 Å². The first-order chi connectivity index (χ1) is 4.97. The average Bonchev–Trinajstić information content (AvgIpc) is 2.10. The number of rotatable bonds is 2. The zero-order chi connectivity index (χ0) is 8.48. The van der Waals surface area contributed by atoms with Gasteiger partial charge in [-0.15, -0.1) is 0 Å². The van der Waals surface area contributed by atoms with E-state index in [9.17, 15) is 8.42 Å². The fraction of sp³-hybridized carbons (Fsp3) is 0.250. The lowest BCUT2D eigenvalue weighted by molar-refractivity contribution is 0.602. The first-order valence-corrected chi connectivity index (χ1v) is 4.32. The third-order valence-corrected chi connectivity index (χ3v) is 1.45. The molecule has 0 fully saturated rings. The molecular weight excluding hydrogens is 168 g/mol. The number of hydrogen-bond donors (Lipinski definition) is 2. The SMILES string of the molecule is Cn1ccc(NS(N)(=O)=O)n1. The molecule has 0 unspecified atom stereocenters. The largest absolute Gasteiger partial charge is 0.297 e. The summed E-state index contributed by atoms with van der Waals surface area (Å²) in [6.07, 6.45) is 1.60. The minimum absolute atomic E-state index is 0.218. The summed E-state index contributed by atoms with van der Waals surface area (Å²) in [5.41, 5.74) is 0. The van der Waals surface area contributed by atoms with Crippen molar-refractivity contribution < 1.29 is 8.42 Å². The standard InChI is InChI=1S/C4H8N4O2S/c1-8-3-2-4(6-8)7-11(5,9)10/h2-3H,1H3,(H,6,7)(H2,5,9,10). The van der Waals surface area contributed by atoms with Crippen LogP contribution in [0.25, 0.3) is 0 Å².